The van der Waals surface area contributed by atoms with E-state index in [1.165, 1.54) is 9.20 Å². The van der Waals surface area contributed by atoms with Crippen molar-refractivity contribution in [2.45, 2.75) is 13.0 Å². The van der Waals surface area contributed by atoms with Crippen molar-refractivity contribution in [3.05, 3.63) is 110 Å². The van der Waals surface area contributed by atoms with Crippen molar-refractivity contribution in [1.29, 1.82) is 0 Å². The molecule has 0 atom stereocenters. The zero-order chi connectivity index (χ0) is 22.9. The fourth-order valence-electron chi connectivity index (χ4n) is 3.74. The molecule has 164 valence electrons. The highest BCUT2D eigenvalue weighted by atomic mass is 35.5. The Balaban J connectivity index is 1.64. The molecule has 0 fully saturated rings. The fraction of sp³-hybridized carbons (Fsp3) is 0.0800. The average Bonchev–Trinajstić information content (AvgIpc) is 3.15. The van der Waals surface area contributed by atoms with Crippen molar-refractivity contribution < 1.29 is 0 Å². The van der Waals surface area contributed by atoms with Crippen LogP contribution in [0.2, 0.25) is 15.1 Å². The van der Waals surface area contributed by atoms with E-state index in [9.17, 15) is 4.79 Å². The van der Waals surface area contributed by atoms with Gasteiger partial charge in [-0.05, 0) is 59.5 Å². The molecular formula is C25H17Cl3N4O. The van der Waals surface area contributed by atoms with Gasteiger partial charge < -0.3 is 0 Å². The van der Waals surface area contributed by atoms with E-state index in [0.29, 0.717) is 33.7 Å². The van der Waals surface area contributed by atoms with E-state index in [2.05, 4.69) is 10.2 Å². The van der Waals surface area contributed by atoms with Gasteiger partial charge in [-0.3, -0.25) is 0 Å². The van der Waals surface area contributed by atoms with Crippen LogP contribution >= 0.6 is 34.8 Å². The summed E-state index contributed by atoms with van der Waals surface area (Å²) in [6.07, 6.45) is 2.33. The lowest BCUT2D eigenvalue weighted by Gasteiger charge is -2.11. The second-order valence-electron chi connectivity index (χ2n) is 7.56. The molecule has 2 aromatic heterocycles. The van der Waals surface area contributed by atoms with Crippen LogP contribution < -0.4 is 5.69 Å². The van der Waals surface area contributed by atoms with Crippen molar-refractivity contribution in [3.63, 3.8) is 0 Å². The monoisotopic (exact) mass is 494 g/mol. The summed E-state index contributed by atoms with van der Waals surface area (Å²) >= 11 is 18.2. The summed E-state index contributed by atoms with van der Waals surface area (Å²) in [5.74, 6) is 0. The van der Waals surface area contributed by atoms with Crippen molar-refractivity contribution >= 4 is 40.4 Å². The third kappa shape index (κ3) is 4.40. The van der Waals surface area contributed by atoms with Crippen molar-refractivity contribution in [2.75, 3.05) is 0 Å². The van der Waals surface area contributed by atoms with Gasteiger partial charge in [-0.25, -0.2) is 9.48 Å². The summed E-state index contributed by atoms with van der Waals surface area (Å²) in [7, 11) is 0. The van der Waals surface area contributed by atoms with Gasteiger partial charge in [0.05, 0.1) is 12.7 Å². The number of aromatic nitrogens is 4. The number of hydrogen-bond acceptors (Lipinski definition) is 3. The molecular weight excluding hydrogens is 479 g/mol. The van der Waals surface area contributed by atoms with E-state index >= 15 is 0 Å². The van der Waals surface area contributed by atoms with E-state index in [1.54, 1.807) is 6.20 Å². The Morgan fingerprint density at radius 3 is 1.88 bits per heavy atom. The zero-order valence-corrected chi connectivity index (χ0v) is 19.5. The van der Waals surface area contributed by atoms with E-state index < -0.39 is 0 Å². The molecule has 0 saturated heterocycles. The highest BCUT2D eigenvalue weighted by molar-refractivity contribution is 6.31. The highest BCUT2D eigenvalue weighted by Crippen LogP contribution is 2.34. The highest BCUT2D eigenvalue weighted by Gasteiger charge is 2.18. The molecule has 0 amide bonds. The molecule has 0 aliphatic carbocycles. The van der Waals surface area contributed by atoms with Crippen LogP contribution in [-0.4, -0.2) is 19.4 Å². The molecule has 5 aromatic rings. The molecule has 33 heavy (non-hydrogen) atoms. The lowest BCUT2D eigenvalue weighted by molar-refractivity contribution is 0.588. The smallest absolute Gasteiger partial charge is 0.244 e. The Morgan fingerprint density at radius 1 is 0.727 bits per heavy atom. The first-order valence-corrected chi connectivity index (χ1v) is 11.4. The topological polar surface area (TPSA) is 52.2 Å². The van der Waals surface area contributed by atoms with Crippen molar-refractivity contribution in [2.24, 2.45) is 0 Å². The molecule has 0 aliphatic rings. The molecule has 0 radical (unpaired) electrons. The minimum Gasteiger partial charge on any atom is -0.244 e. The molecule has 0 saturated carbocycles. The zero-order valence-electron chi connectivity index (χ0n) is 17.3. The molecule has 0 unspecified atom stereocenters. The SMILES string of the molecule is O=c1n(CCc2ccc(Cl)cc2)nc2c(-c3ccc(Cl)cc3)c(-c3ccc(Cl)cc3)cnn12. The van der Waals surface area contributed by atoms with E-state index in [4.69, 9.17) is 34.8 Å². The summed E-state index contributed by atoms with van der Waals surface area (Å²) in [5, 5.41) is 11.0. The van der Waals surface area contributed by atoms with Gasteiger partial charge >= 0.3 is 5.69 Å². The largest absolute Gasteiger partial charge is 0.367 e. The minimum atomic E-state index is -0.295. The number of benzene rings is 3. The summed E-state index contributed by atoms with van der Waals surface area (Å²) in [6.45, 7) is 0.417. The van der Waals surface area contributed by atoms with Crippen LogP contribution in [0.3, 0.4) is 0 Å². The molecule has 0 N–H and O–H groups in total. The number of fused-ring (bicyclic) bond motifs is 1. The first-order chi connectivity index (χ1) is 16.0. The predicted molar refractivity (Wildman–Crippen MR) is 133 cm³/mol. The second kappa shape index (κ2) is 9.02. The first-order valence-electron chi connectivity index (χ1n) is 10.2. The molecule has 0 spiro atoms. The first kappa shape index (κ1) is 21.7. The minimum absolute atomic E-state index is 0.295. The summed E-state index contributed by atoms with van der Waals surface area (Å²) in [5.41, 5.74) is 4.69. The number of hydrogen-bond donors (Lipinski definition) is 0. The molecule has 0 aliphatic heterocycles. The van der Waals surface area contributed by atoms with Crippen LogP contribution in [0.25, 0.3) is 27.9 Å². The standard InChI is InChI=1S/C25H17Cl3N4O/c26-19-7-1-16(2-8-19)13-14-31-25(33)32-24(30-31)23(18-5-11-21(28)12-6-18)22(15-29-32)17-3-9-20(27)10-4-17/h1-12,15H,13-14H2. The van der Waals surface area contributed by atoms with Crippen LogP contribution in [-0.2, 0) is 13.0 Å². The lowest BCUT2D eigenvalue weighted by Crippen LogP contribution is -2.23. The normalized spacial score (nSPS) is 11.2. The van der Waals surface area contributed by atoms with Crippen LogP contribution in [0.4, 0.5) is 0 Å². The van der Waals surface area contributed by atoms with Gasteiger partial charge in [0.2, 0.25) is 0 Å². The average molecular weight is 496 g/mol. The maximum absolute atomic E-state index is 13.1. The molecule has 5 nitrogen and oxygen atoms in total. The van der Waals surface area contributed by atoms with Crippen LogP contribution in [0.5, 0.6) is 0 Å². The van der Waals surface area contributed by atoms with Crippen molar-refractivity contribution in [1.82, 2.24) is 19.4 Å². The number of nitrogens with zero attached hydrogens (tertiary/aromatic N) is 4. The fourth-order valence-corrected chi connectivity index (χ4v) is 4.12. The Labute approximate surface area is 204 Å². The summed E-state index contributed by atoms with van der Waals surface area (Å²) in [6, 6.07) is 22.5. The quantitative estimate of drug-likeness (QED) is 0.282. The van der Waals surface area contributed by atoms with E-state index in [1.807, 2.05) is 72.8 Å². The van der Waals surface area contributed by atoms with Crippen LogP contribution in [0, 0.1) is 0 Å². The van der Waals surface area contributed by atoms with E-state index in [-0.39, 0.29) is 5.69 Å². The van der Waals surface area contributed by atoms with E-state index in [0.717, 1.165) is 27.8 Å². The summed E-state index contributed by atoms with van der Waals surface area (Å²) < 4.78 is 2.78. The molecule has 0 bridgehead atoms. The van der Waals surface area contributed by atoms with Crippen molar-refractivity contribution in [3.8, 4) is 22.3 Å². The predicted octanol–water partition coefficient (Wildman–Crippen LogP) is 6.43. The molecule has 2 heterocycles. The van der Waals surface area contributed by atoms with Gasteiger partial charge in [0.1, 0.15) is 0 Å². The number of halogens is 3. The summed E-state index contributed by atoms with van der Waals surface area (Å²) in [4.78, 5) is 13.1. The van der Waals surface area contributed by atoms with Crippen LogP contribution in [0.15, 0.2) is 83.8 Å². The van der Waals surface area contributed by atoms with Gasteiger partial charge in [0.25, 0.3) is 0 Å². The Bertz CT molecular complexity index is 1490. The Hall–Kier alpha value is -3.12. The third-order valence-electron chi connectivity index (χ3n) is 5.43. The Kier molecular flexibility index (Phi) is 5.94. The van der Waals surface area contributed by atoms with Crippen LogP contribution in [0.1, 0.15) is 5.56 Å². The third-order valence-corrected chi connectivity index (χ3v) is 6.18. The van der Waals surface area contributed by atoms with Gasteiger partial charge in [-0.2, -0.15) is 9.61 Å². The molecule has 5 rings (SSSR count). The maximum atomic E-state index is 13.1. The van der Waals surface area contributed by atoms with Gasteiger partial charge in [-0.1, -0.05) is 71.2 Å². The van der Waals surface area contributed by atoms with Gasteiger partial charge in [0.15, 0.2) is 5.65 Å². The molecule has 8 heteroatoms. The second-order valence-corrected chi connectivity index (χ2v) is 8.87. The molecule has 3 aromatic carbocycles. The lowest BCUT2D eigenvalue weighted by atomic mass is 9.97. The van der Waals surface area contributed by atoms with Gasteiger partial charge in [-0.15, -0.1) is 5.10 Å². The van der Waals surface area contributed by atoms with Gasteiger partial charge in [0, 0.05) is 26.2 Å². The number of rotatable bonds is 5. The maximum Gasteiger partial charge on any atom is 0.367 e. The Morgan fingerprint density at radius 2 is 1.27 bits per heavy atom. The number of aryl methyl sites for hydroxylation is 2.